The number of rotatable bonds is 3. The van der Waals surface area contributed by atoms with Crippen LogP contribution in [0.1, 0.15) is 11.3 Å². The first-order valence-corrected chi connectivity index (χ1v) is 8.92. The third-order valence-electron chi connectivity index (χ3n) is 4.55. The van der Waals surface area contributed by atoms with Crippen molar-refractivity contribution in [2.24, 2.45) is 0 Å². The molecule has 3 heterocycles. The quantitative estimate of drug-likeness (QED) is 0.513. The lowest BCUT2D eigenvalue weighted by molar-refractivity contribution is -0.137. The molecule has 10 heteroatoms. The number of amides is 4. The smallest absolute Gasteiger partial charge is 0.317 e. The molecule has 3 aromatic rings. The fourth-order valence-electron chi connectivity index (χ4n) is 3.11. The summed E-state index contributed by atoms with van der Waals surface area (Å²) in [7, 11) is 0. The molecule has 1 N–H and O–H groups in total. The number of halogens is 3. The molecule has 0 aliphatic carbocycles. The van der Waals surface area contributed by atoms with E-state index >= 15 is 0 Å². The van der Waals surface area contributed by atoms with Crippen LogP contribution in [0.25, 0.3) is 11.8 Å². The molecule has 4 amide bonds. The Morgan fingerprint density at radius 1 is 0.935 bits per heavy atom. The first kappa shape index (κ1) is 20.1. The van der Waals surface area contributed by atoms with E-state index in [2.05, 4.69) is 10.3 Å². The van der Waals surface area contributed by atoms with Crippen molar-refractivity contribution in [1.29, 1.82) is 0 Å². The van der Waals surface area contributed by atoms with E-state index in [1.807, 2.05) is 0 Å². The van der Waals surface area contributed by atoms with Gasteiger partial charge in [0.05, 0.1) is 11.3 Å². The number of nitrogens with one attached hydrogen (secondary N) is 1. The van der Waals surface area contributed by atoms with Gasteiger partial charge in [-0.2, -0.15) is 13.2 Å². The number of hydrogen-bond acceptors (Lipinski definition) is 4. The summed E-state index contributed by atoms with van der Waals surface area (Å²) >= 11 is 0. The maximum absolute atomic E-state index is 13.1. The molecule has 0 radical (unpaired) electrons. The van der Waals surface area contributed by atoms with E-state index < -0.39 is 29.6 Å². The zero-order valence-electron chi connectivity index (χ0n) is 15.6. The van der Waals surface area contributed by atoms with E-state index in [0.717, 1.165) is 17.0 Å². The first-order chi connectivity index (χ1) is 14.8. The standard InChI is InChI=1S/C21H13F3N4O3/c22-21(23,24)13-3-1-4-15(11-13)27-10-2-5-16(27)12-17-18(29)26-20(31)28(19(17)30)14-6-8-25-9-7-14/h1-12H,(H,26,29,31)/b17-12+. The Hall–Kier alpha value is -4.21. The number of imide groups is 2. The number of alkyl halides is 3. The van der Waals surface area contributed by atoms with Gasteiger partial charge in [0.1, 0.15) is 5.57 Å². The van der Waals surface area contributed by atoms with E-state index in [4.69, 9.17) is 0 Å². The number of barbiturate groups is 1. The summed E-state index contributed by atoms with van der Waals surface area (Å²) in [6.07, 6.45) is 0.965. The van der Waals surface area contributed by atoms with Crippen molar-refractivity contribution >= 4 is 29.6 Å². The number of benzene rings is 1. The van der Waals surface area contributed by atoms with Crippen molar-refractivity contribution in [1.82, 2.24) is 14.9 Å². The summed E-state index contributed by atoms with van der Waals surface area (Å²) in [6, 6.07) is 9.66. The van der Waals surface area contributed by atoms with Gasteiger partial charge in [-0.15, -0.1) is 0 Å². The van der Waals surface area contributed by atoms with E-state index in [1.54, 1.807) is 6.07 Å². The molecule has 0 saturated carbocycles. The second-order valence-corrected chi connectivity index (χ2v) is 6.51. The molecule has 4 rings (SSSR count). The third-order valence-corrected chi connectivity index (χ3v) is 4.55. The van der Waals surface area contributed by atoms with Gasteiger partial charge in [-0.25, -0.2) is 9.69 Å². The minimum Gasteiger partial charge on any atom is -0.317 e. The molecule has 2 aromatic heterocycles. The van der Waals surface area contributed by atoms with Crippen molar-refractivity contribution in [3.05, 3.63) is 84.0 Å². The second kappa shape index (κ2) is 7.56. The van der Waals surface area contributed by atoms with Gasteiger partial charge in [0.15, 0.2) is 0 Å². The Morgan fingerprint density at radius 2 is 1.68 bits per heavy atom. The maximum Gasteiger partial charge on any atom is 0.416 e. The number of carbonyl (C=O) groups is 3. The molecule has 1 aromatic carbocycles. The largest absolute Gasteiger partial charge is 0.416 e. The van der Waals surface area contributed by atoms with Gasteiger partial charge in [-0.1, -0.05) is 6.07 Å². The van der Waals surface area contributed by atoms with E-state index in [1.165, 1.54) is 59.6 Å². The molecule has 1 saturated heterocycles. The lowest BCUT2D eigenvalue weighted by atomic mass is 10.1. The minimum atomic E-state index is -4.52. The average molecular weight is 426 g/mol. The number of nitrogens with zero attached hydrogens (tertiary/aromatic N) is 3. The van der Waals surface area contributed by atoms with Crippen molar-refractivity contribution in [2.75, 3.05) is 4.90 Å². The minimum absolute atomic E-state index is 0.192. The van der Waals surface area contributed by atoms with Gasteiger partial charge in [0.2, 0.25) is 0 Å². The number of aromatic nitrogens is 2. The summed E-state index contributed by atoms with van der Waals surface area (Å²) in [4.78, 5) is 42.0. The Labute approximate surface area is 173 Å². The van der Waals surface area contributed by atoms with Crippen molar-refractivity contribution in [2.45, 2.75) is 6.18 Å². The van der Waals surface area contributed by atoms with Crippen LogP contribution in [0.2, 0.25) is 0 Å². The zero-order chi connectivity index (χ0) is 22.2. The third kappa shape index (κ3) is 3.82. The predicted molar refractivity (Wildman–Crippen MR) is 104 cm³/mol. The van der Waals surface area contributed by atoms with E-state index in [-0.39, 0.29) is 22.6 Å². The summed E-state index contributed by atoms with van der Waals surface area (Å²) in [5.41, 5.74) is -0.495. The highest BCUT2D eigenvalue weighted by atomic mass is 19.4. The van der Waals surface area contributed by atoms with Gasteiger partial charge in [0, 0.05) is 30.0 Å². The van der Waals surface area contributed by atoms with Crippen LogP contribution in [0.15, 0.2) is 72.7 Å². The van der Waals surface area contributed by atoms with Crippen molar-refractivity contribution in [3.8, 4) is 5.69 Å². The van der Waals surface area contributed by atoms with Crippen LogP contribution in [0.4, 0.5) is 23.7 Å². The van der Waals surface area contributed by atoms with Gasteiger partial charge >= 0.3 is 12.2 Å². The molecule has 0 unspecified atom stereocenters. The molecular weight excluding hydrogens is 413 g/mol. The Balaban J connectivity index is 1.75. The molecular formula is C21H13F3N4O3. The number of hydrogen-bond donors (Lipinski definition) is 1. The highest BCUT2D eigenvalue weighted by Crippen LogP contribution is 2.31. The van der Waals surface area contributed by atoms with Crippen LogP contribution in [-0.2, 0) is 15.8 Å². The molecule has 1 aliphatic rings. The Kier molecular flexibility index (Phi) is 4.90. The topological polar surface area (TPSA) is 84.3 Å². The summed E-state index contributed by atoms with van der Waals surface area (Å²) in [6.45, 7) is 0. The van der Waals surface area contributed by atoms with Gasteiger partial charge in [-0.3, -0.25) is 19.9 Å². The maximum atomic E-state index is 13.1. The molecule has 7 nitrogen and oxygen atoms in total. The van der Waals surface area contributed by atoms with Crippen molar-refractivity contribution in [3.63, 3.8) is 0 Å². The Bertz CT molecular complexity index is 1220. The van der Waals surface area contributed by atoms with E-state index in [9.17, 15) is 27.6 Å². The number of pyridine rings is 1. The Morgan fingerprint density at radius 3 is 2.39 bits per heavy atom. The van der Waals surface area contributed by atoms with Gasteiger partial charge in [0.25, 0.3) is 11.8 Å². The molecule has 0 bridgehead atoms. The highest BCUT2D eigenvalue weighted by molar-refractivity contribution is 6.39. The molecule has 0 spiro atoms. The molecule has 0 atom stereocenters. The predicted octanol–water partition coefficient (Wildman–Crippen LogP) is 3.56. The number of urea groups is 1. The van der Waals surface area contributed by atoms with Crippen LogP contribution in [0.3, 0.4) is 0 Å². The van der Waals surface area contributed by atoms with E-state index in [0.29, 0.717) is 0 Å². The second-order valence-electron chi connectivity index (χ2n) is 6.51. The van der Waals surface area contributed by atoms with Gasteiger partial charge < -0.3 is 4.57 Å². The normalized spacial score (nSPS) is 16.0. The average Bonchev–Trinajstić information content (AvgIpc) is 3.19. The summed E-state index contributed by atoms with van der Waals surface area (Å²) in [5.74, 6) is -1.77. The number of carbonyl (C=O) groups excluding carboxylic acids is 3. The SMILES string of the molecule is O=C1NC(=O)N(c2ccncc2)C(=O)/C1=C/c1cccn1-c1cccc(C(F)(F)F)c1. The number of anilines is 1. The van der Waals surface area contributed by atoms with Crippen LogP contribution in [0.5, 0.6) is 0 Å². The molecule has 1 fully saturated rings. The molecule has 31 heavy (non-hydrogen) atoms. The molecule has 156 valence electrons. The molecule has 1 aliphatic heterocycles. The lowest BCUT2D eigenvalue weighted by Gasteiger charge is -2.26. The monoisotopic (exact) mass is 426 g/mol. The van der Waals surface area contributed by atoms with Gasteiger partial charge in [-0.05, 0) is 48.5 Å². The van der Waals surface area contributed by atoms with Crippen molar-refractivity contribution < 1.29 is 27.6 Å². The summed E-state index contributed by atoms with van der Waals surface area (Å²) in [5, 5.41) is 2.09. The van der Waals surface area contributed by atoms with Crippen LogP contribution < -0.4 is 10.2 Å². The fraction of sp³-hybridized carbons (Fsp3) is 0.0476. The summed E-state index contributed by atoms with van der Waals surface area (Å²) < 4.78 is 40.6. The highest BCUT2D eigenvalue weighted by Gasteiger charge is 2.37. The fourth-order valence-corrected chi connectivity index (χ4v) is 3.11. The van der Waals surface area contributed by atoms with Crippen LogP contribution >= 0.6 is 0 Å². The van der Waals surface area contributed by atoms with Crippen LogP contribution in [-0.4, -0.2) is 27.4 Å². The first-order valence-electron chi connectivity index (χ1n) is 8.92. The lowest BCUT2D eigenvalue weighted by Crippen LogP contribution is -2.54. The zero-order valence-corrected chi connectivity index (χ0v) is 15.6. The van der Waals surface area contributed by atoms with Crippen LogP contribution in [0, 0.1) is 0 Å².